The second kappa shape index (κ2) is 4.36. The number of halogens is 1. The van der Waals surface area contributed by atoms with Crippen molar-refractivity contribution in [2.75, 3.05) is 6.54 Å². The molecule has 0 aliphatic heterocycles. The quantitative estimate of drug-likeness (QED) is 0.835. The summed E-state index contributed by atoms with van der Waals surface area (Å²) in [4.78, 5) is 12.0. The van der Waals surface area contributed by atoms with Crippen molar-refractivity contribution >= 4 is 18.3 Å². The van der Waals surface area contributed by atoms with E-state index in [0.717, 1.165) is 37.1 Å². The average Bonchev–Trinajstić information content (AvgIpc) is 3.04. The molecule has 1 amide bonds. The molecule has 0 atom stereocenters. The van der Waals surface area contributed by atoms with Crippen molar-refractivity contribution in [2.24, 2.45) is 28.9 Å². The van der Waals surface area contributed by atoms with E-state index in [1.165, 1.54) is 38.5 Å². The zero-order valence-corrected chi connectivity index (χ0v) is 12.3. The molecule has 0 aromatic rings. The van der Waals surface area contributed by atoms with Crippen LogP contribution < -0.4 is 11.1 Å². The topological polar surface area (TPSA) is 55.1 Å². The monoisotopic (exact) mass is 284 g/mol. The summed E-state index contributed by atoms with van der Waals surface area (Å²) in [6.07, 6.45) is 10.2. The lowest BCUT2D eigenvalue weighted by Crippen LogP contribution is -2.53. The van der Waals surface area contributed by atoms with E-state index < -0.39 is 5.54 Å². The van der Waals surface area contributed by atoms with Gasteiger partial charge in [0, 0.05) is 6.54 Å². The van der Waals surface area contributed by atoms with Crippen LogP contribution >= 0.6 is 12.4 Å². The summed E-state index contributed by atoms with van der Waals surface area (Å²) in [5.41, 5.74) is 5.90. The summed E-state index contributed by atoms with van der Waals surface area (Å²) in [5.74, 6) is 2.99. The van der Waals surface area contributed by atoms with Gasteiger partial charge in [-0.05, 0) is 74.5 Å². The van der Waals surface area contributed by atoms with Gasteiger partial charge in [0.25, 0.3) is 0 Å². The number of carbonyl (C=O) groups is 1. The molecule has 3 N–H and O–H groups in total. The minimum atomic E-state index is -0.498. The van der Waals surface area contributed by atoms with Gasteiger partial charge in [0.05, 0.1) is 5.54 Å². The van der Waals surface area contributed by atoms with E-state index in [0.29, 0.717) is 5.41 Å². The lowest BCUT2D eigenvalue weighted by Gasteiger charge is -2.57. The van der Waals surface area contributed by atoms with Gasteiger partial charge in [0.2, 0.25) is 5.91 Å². The molecule has 4 bridgehead atoms. The molecule has 0 spiro atoms. The first-order valence-electron chi connectivity index (χ1n) is 7.64. The molecule has 5 rings (SSSR count). The molecule has 0 unspecified atom stereocenters. The molecule has 3 nitrogen and oxygen atoms in total. The molecule has 108 valence electrons. The molecular weight excluding hydrogens is 260 g/mol. The third kappa shape index (κ3) is 2.29. The molecule has 5 fully saturated rings. The molecule has 0 saturated heterocycles. The Morgan fingerprint density at radius 1 is 1.05 bits per heavy atom. The number of nitrogens with one attached hydrogen (secondary N) is 1. The van der Waals surface area contributed by atoms with Gasteiger partial charge in [-0.3, -0.25) is 4.79 Å². The Labute approximate surface area is 121 Å². The van der Waals surface area contributed by atoms with Crippen molar-refractivity contribution < 1.29 is 4.79 Å². The maximum absolute atomic E-state index is 12.0. The second-order valence-electron chi connectivity index (χ2n) is 7.76. The summed E-state index contributed by atoms with van der Waals surface area (Å²) in [6, 6.07) is 0. The molecule has 5 saturated carbocycles. The van der Waals surface area contributed by atoms with E-state index in [1.54, 1.807) is 0 Å². The highest BCUT2D eigenvalue weighted by atomic mass is 35.5. The van der Waals surface area contributed by atoms with Crippen LogP contribution in [0.25, 0.3) is 0 Å². The molecule has 5 aliphatic carbocycles. The Bertz CT molecular complexity index is 356. The SMILES string of the molecule is Cl.NC1(C(=O)NCC23CC4CC(CC(C4)C2)C3)CC1. The Hall–Kier alpha value is -0.280. The lowest BCUT2D eigenvalue weighted by atomic mass is 9.49. The van der Waals surface area contributed by atoms with Crippen LogP contribution in [0.2, 0.25) is 0 Å². The van der Waals surface area contributed by atoms with E-state index in [1.807, 2.05) is 0 Å². The molecular formula is C15H25ClN2O. The molecule has 0 aromatic heterocycles. The highest BCUT2D eigenvalue weighted by molar-refractivity contribution is 5.89. The maximum Gasteiger partial charge on any atom is 0.240 e. The Kier molecular flexibility index (Phi) is 3.14. The zero-order chi connectivity index (χ0) is 12.4. The van der Waals surface area contributed by atoms with Gasteiger partial charge in [-0.15, -0.1) is 12.4 Å². The maximum atomic E-state index is 12.0. The normalized spacial score (nSPS) is 44.6. The predicted octanol–water partition coefficient (Wildman–Crippen LogP) is 2.23. The molecule has 0 aromatic carbocycles. The van der Waals surface area contributed by atoms with E-state index >= 15 is 0 Å². The summed E-state index contributed by atoms with van der Waals surface area (Å²) < 4.78 is 0. The van der Waals surface area contributed by atoms with Gasteiger partial charge in [-0.1, -0.05) is 0 Å². The van der Waals surface area contributed by atoms with Crippen LogP contribution in [-0.2, 0) is 4.79 Å². The number of hydrogen-bond donors (Lipinski definition) is 2. The Balaban J connectivity index is 0.00000110. The highest BCUT2D eigenvalue weighted by Crippen LogP contribution is 2.59. The van der Waals surface area contributed by atoms with Crippen LogP contribution in [0, 0.1) is 23.2 Å². The van der Waals surface area contributed by atoms with Crippen molar-refractivity contribution in [3.8, 4) is 0 Å². The van der Waals surface area contributed by atoms with Gasteiger partial charge < -0.3 is 11.1 Å². The lowest BCUT2D eigenvalue weighted by molar-refractivity contribution is -0.125. The largest absolute Gasteiger partial charge is 0.354 e. The van der Waals surface area contributed by atoms with Gasteiger partial charge in [0.1, 0.15) is 0 Å². The first-order chi connectivity index (χ1) is 8.57. The molecule has 4 heteroatoms. The zero-order valence-electron chi connectivity index (χ0n) is 11.5. The summed E-state index contributed by atoms with van der Waals surface area (Å²) in [7, 11) is 0. The van der Waals surface area contributed by atoms with Crippen LogP contribution in [-0.4, -0.2) is 18.0 Å². The number of carbonyl (C=O) groups excluding carboxylic acids is 1. The second-order valence-corrected chi connectivity index (χ2v) is 7.76. The third-order valence-electron chi connectivity index (χ3n) is 6.03. The first-order valence-corrected chi connectivity index (χ1v) is 7.64. The number of rotatable bonds is 3. The van der Waals surface area contributed by atoms with Crippen molar-refractivity contribution in [1.82, 2.24) is 5.32 Å². The molecule has 5 aliphatic rings. The minimum absolute atomic E-state index is 0. The van der Waals surface area contributed by atoms with Crippen molar-refractivity contribution in [3.05, 3.63) is 0 Å². The van der Waals surface area contributed by atoms with Crippen LogP contribution in [0.5, 0.6) is 0 Å². The summed E-state index contributed by atoms with van der Waals surface area (Å²) in [6.45, 7) is 0.897. The van der Waals surface area contributed by atoms with Gasteiger partial charge in [0.15, 0.2) is 0 Å². The standard InChI is InChI=1S/C15H24N2O.ClH/c16-15(1-2-15)13(18)17-9-14-6-10-3-11(7-14)5-12(4-10)8-14;/h10-12H,1-9,16H2,(H,17,18);1H. The molecule has 0 heterocycles. The highest BCUT2D eigenvalue weighted by Gasteiger charge is 2.52. The molecule has 0 radical (unpaired) electrons. The van der Waals surface area contributed by atoms with Gasteiger partial charge in [-0.25, -0.2) is 0 Å². The minimum Gasteiger partial charge on any atom is -0.354 e. The number of hydrogen-bond acceptors (Lipinski definition) is 2. The van der Waals surface area contributed by atoms with Crippen LogP contribution in [0.4, 0.5) is 0 Å². The summed E-state index contributed by atoms with van der Waals surface area (Å²) in [5, 5.41) is 3.18. The van der Waals surface area contributed by atoms with Gasteiger partial charge >= 0.3 is 0 Å². The van der Waals surface area contributed by atoms with E-state index in [9.17, 15) is 4.79 Å². The number of nitrogens with two attached hydrogens (primary N) is 1. The van der Waals surface area contributed by atoms with Crippen molar-refractivity contribution in [2.45, 2.75) is 56.9 Å². The van der Waals surface area contributed by atoms with Crippen LogP contribution in [0.15, 0.2) is 0 Å². The Morgan fingerprint density at radius 2 is 1.53 bits per heavy atom. The average molecular weight is 285 g/mol. The van der Waals surface area contributed by atoms with E-state index in [4.69, 9.17) is 5.73 Å². The van der Waals surface area contributed by atoms with Crippen LogP contribution in [0.3, 0.4) is 0 Å². The van der Waals surface area contributed by atoms with Crippen molar-refractivity contribution in [3.63, 3.8) is 0 Å². The fourth-order valence-corrected chi connectivity index (χ4v) is 5.31. The predicted molar refractivity (Wildman–Crippen MR) is 77.0 cm³/mol. The summed E-state index contributed by atoms with van der Waals surface area (Å²) >= 11 is 0. The Morgan fingerprint density at radius 3 is 1.95 bits per heavy atom. The van der Waals surface area contributed by atoms with E-state index in [-0.39, 0.29) is 18.3 Å². The van der Waals surface area contributed by atoms with E-state index in [2.05, 4.69) is 5.32 Å². The van der Waals surface area contributed by atoms with Crippen LogP contribution in [0.1, 0.15) is 51.4 Å². The number of amides is 1. The molecule has 19 heavy (non-hydrogen) atoms. The van der Waals surface area contributed by atoms with Crippen molar-refractivity contribution in [1.29, 1.82) is 0 Å². The fourth-order valence-electron chi connectivity index (χ4n) is 5.31. The first kappa shape index (κ1) is 13.7. The third-order valence-corrected chi connectivity index (χ3v) is 6.03. The van der Waals surface area contributed by atoms with Gasteiger partial charge in [-0.2, -0.15) is 0 Å². The fraction of sp³-hybridized carbons (Fsp3) is 0.933. The smallest absolute Gasteiger partial charge is 0.240 e.